The number of piperidine rings is 1. The topological polar surface area (TPSA) is 67.7 Å². The summed E-state index contributed by atoms with van der Waals surface area (Å²) in [4.78, 5) is 12.2. The molecule has 2 aromatic heterocycles. The number of aromatic nitrogens is 2. The van der Waals surface area contributed by atoms with Crippen LogP contribution in [0.15, 0.2) is 22.1 Å². The molecule has 8 heteroatoms. The lowest BCUT2D eigenvalue weighted by Crippen LogP contribution is -2.42. The first kappa shape index (κ1) is 19.5. The lowest BCUT2D eigenvalue weighted by molar-refractivity contribution is -0.0301. The highest BCUT2D eigenvalue weighted by Crippen LogP contribution is 2.38. The van der Waals surface area contributed by atoms with Crippen LogP contribution in [0.4, 0.5) is 0 Å². The van der Waals surface area contributed by atoms with Crippen molar-refractivity contribution in [3.63, 3.8) is 0 Å². The number of hydrogen-bond donors (Lipinski definition) is 1. The molecule has 3 heterocycles. The van der Waals surface area contributed by atoms with Crippen LogP contribution in [0.3, 0.4) is 0 Å². The van der Waals surface area contributed by atoms with E-state index in [0.29, 0.717) is 37.5 Å². The molecule has 3 rings (SSSR count). The van der Waals surface area contributed by atoms with Gasteiger partial charge >= 0.3 is 6.01 Å². The van der Waals surface area contributed by atoms with E-state index in [9.17, 15) is 5.11 Å². The molecule has 1 fully saturated rings. The number of ether oxygens (including phenoxy) is 2. The third-order valence-corrected chi connectivity index (χ3v) is 6.15. The van der Waals surface area contributed by atoms with Gasteiger partial charge in [-0.1, -0.05) is 0 Å². The van der Waals surface area contributed by atoms with E-state index in [2.05, 4.69) is 42.2 Å². The van der Waals surface area contributed by atoms with Crippen LogP contribution in [0, 0.1) is 0 Å². The van der Waals surface area contributed by atoms with Gasteiger partial charge in [0.15, 0.2) is 0 Å². The Morgan fingerprint density at radius 3 is 2.62 bits per heavy atom. The molecule has 6 nitrogen and oxygen atoms in total. The molecule has 1 N–H and O–H groups in total. The molecule has 26 heavy (non-hydrogen) atoms. The average Bonchev–Trinajstić information content (AvgIpc) is 3.03. The Labute approximate surface area is 166 Å². The van der Waals surface area contributed by atoms with Crippen LogP contribution >= 0.6 is 27.3 Å². The van der Waals surface area contributed by atoms with Crippen LogP contribution in [-0.4, -0.2) is 46.3 Å². The minimum atomic E-state index is -0.970. The van der Waals surface area contributed by atoms with Crippen molar-refractivity contribution in [2.45, 2.75) is 38.8 Å². The van der Waals surface area contributed by atoms with E-state index in [1.807, 2.05) is 13.8 Å². The summed E-state index contributed by atoms with van der Waals surface area (Å²) in [6, 6.07) is 2.43. The summed E-state index contributed by atoms with van der Waals surface area (Å²) in [6.45, 7) is 7.28. The normalized spacial score (nSPS) is 17.2. The predicted molar refractivity (Wildman–Crippen MR) is 105 cm³/mol. The van der Waals surface area contributed by atoms with Crippen molar-refractivity contribution in [2.75, 3.05) is 26.3 Å². The maximum atomic E-state index is 11.2. The maximum Gasteiger partial charge on any atom is 0.319 e. The molecule has 0 radical (unpaired) electrons. The predicted octanol–water partition coefficient (Wildman–Crippen LogP) is 3.58. The molecule has 142 valence electrons. The number of halogens is 1. The Bertz CT molecular complexity index is 732. The summed E-state index contributed by atoms with van der Waals surface area (Å²) in [6.07, 6.45) is 2.89. The molecule has 1 saturated heterocycles. The van der Waals surface area contributed by atoms with Crippen molar-refractivity contribution < 1.29 is 14.6 Å². The molecule has 0 unspecified atom stereocenters. The Morgan fingerprint density at radius 1 is 1.27 bits per heavy atom. The average molecular weight is 442 g/mol. The first-order chi connectivity index (χ1) is 12.5. The quantitative estimate of drug-likeness (QED) is 0.707. The highest BCUT2D eigenvalue weighted by Gasteiger charge is 2.37. The summed E-state index contributed by atoms with van der Waals surface area (Å²) in [7, 11) is 0. The zero-order chi connectivity index (χ0) is 18.6. The van der Waals surface area contributed by atoms with Gasteiger partial charge in [-0.15, -0.1) is 11.3 Å². The van der Waals surface area contributed by atoms with E-state index in [0.717, 1.165) is 24.1 Å². The van der Waals surface area contributed by atoms with E-state index >= 15 is 0 Å². The van der Waals surface area contributed by atoms with Gasteiger partial charge in [0.25, 0.3) is 0 Å². The summed E-state index contributed by atoms with van der Waals surface area (Å²) in [5.74, 6) is 0.420. The fourth-order valence-electron chi connectivity index (χ4n) is 3.12. The SMILES string of the molecule is CCOc1ncc(C2(O)CCN(Cc3cc(Br)cs3)CC2)c(OCC)n1. The minimum absolute atomic E-state index is 0.281. The molecule has 0 aromatic carbocycles. The van der Waals surface area contributed by atoms with Gasteiger partial charge in [0.2, 0.25) is 5.88 Å². The molecule has 0 aliphatic carbocycles. The van der Waals surface area contributed by atoms with Crippen molar-refractivity contribution >= 4 is 27.3 Å². The summed E-state index contributed by atoms with van der Waals surface area (Å²) in [5, 5.41) is 13.3. The fraction of sp³-hybridized carbons (Fsp3) is 0.556. The molecule has 2 aromatic rings. The Morgan fingerprint density at radius 2 is 2.00 bits per heavy atom. The first-order valence-corrected chi connectivity index (χ1v) is 10.5. The monoisotopic (exact) mass is 441 g/mol. The number of aliphatic hydroxyl groups is 1. The number of thiophene rings is 1. The molecule has 0 amide bonds. The van der Waals surface area contributed by atoms with Crippen LogP contribution in [0.2, 0.25) is 0 Å². The second kappa shape index (κ2) is 8.65. The summed E-state index contributed by atoms with van der Waals surface area (Å²) >= 11 is 5.25. The maximum absolute atomic E-state index is 11.2. The summed E-state index contributed by atoms with van der Waals surface area (Å²) in [5.41, 5.74) is -0.316. The van der Waals surface area contributed by atoms with Gasteiger partial charge < -0.3 is 14.6 Å². The standard InChI is InChI=1S/C18H24BrN3O3S/c1-3-24-16-15(10-20-17(21-16)25-4-2)18(23)5-7-22(8-6-18)11-14-9-13(19)12-26-14/h9-10,12,23H,3-8,11H2,1-2H3. The summed E-state index contributed by atoms with van der Waals surface area (Å²) < 4.78 is 12.1. The Balaban J connectivity index is 1.71. The number of hydrogen-bond acceptors (Lipinski definition) is 7. The van der Waals surface area contributed by atoms with Crippen molar-refractivity contribution in [1.82, 2.24) is 14.9 Å². The van der Waals surface area contributed by atoms with E-state index in [-0.39, 0.29) is 6.01 Å². The lowest BCUT2D eigenvalue weighted by Gasteiger charge is -2.38. The van der Waals surface area contributed by atoms with Crippen molar-refractivity contribution in [3.8, 4) is 11.9 Å². The van der Waals surface area contributed by atoms with E-state index in [4.69, 9.17) is 9.47 Å². The largest absolute Gasteiger partial charge is 0.478 e. The van der Waals surface area contributed by atoms with E-state index in [1.54, 1.807) is 17.5 Å². The van der Waals surface area contributed by atoms with Crippen LogP contribution in [-0.2, 0) is 12.1 Å². The van der Waals surface area contributed by atoms with Gasteiger partial charge in [0.05, 0.1) is 24.4 Å². The first-order valence-electron chi connectivity index (χ1n) is 8.85. The molecule has 0 saturated carbocycles. The molecule has 1 aliphatic rings. The second-order valence-corrected chi connectivity index (χ2v) is 8.19. The molecule has 0 spiro atoms. The van der Waals surface area contributed by atoms with Gasteiger partial charge in [-0.05, 0) is 48.7 Å². The number of rotatable bonds is 7. The smallest absolute Gasteiger partial charge is 0.319 e. The van der Waals surface area contributed by atoms with Crippen molar-refractivity contribution in [1.29, 1.82) is 0 Å². The third-order valence-electron chi connectivity index (χ3n) is 4.47. The van der Waals surface area contributed by atoms with Crippen molar-refractivity contribution in [3.05, 3.63) is 32.6 Å². The fourth-order valence-corrected chi connectivity index (χ4v) is 4.62. The highest BCUT2D eigenvalue weighted by molar-refractivity contribution is 9.10. The van der Waals surface area contributed by atoms with Gasteiger partial charge in [-0.25, -0.2) is 4.98 Å². The van der Waals surface area contributed by atoms with Crippen LogP contribution in [0.1, 0.15) is 37.1 Å². The number of nitrogens with zero attached hydrogens (tertiary/aromatic N) is 3. The minimum Gasteiger partial charge on any atom is -0.478 e. The lowest BCUT2D eigenvalue weighted by atomic mass is 9.85. The molecule has 0 bridgehead atoms. The highest BCUT2D eigenvalue weighted by atomic mass is 79.9. The van der Waals surface area contributed by atoms with Gasteiger partial charge in [-0.3, -0.25) is 4.90 Å². The Kier molecular flexibility index (Phi) is 6.50. The zero-order valence-corrected chi connectivity index (χ0v) is 17.5. The zero-order valence-electron chi connectivity index (χ0n) is 15.1. The van der Waals surface area contributed by atoms with Crippen molar-refractivity contribution in [2.24, 2.45) is 0 Å². The van der Waals surface area contributed by atoms with E-state index in [1.165, 1.54) is 4.88 Å². The van der Waals surface area contributed by atoms with Crippen LogP contribution < -0.4 is 9.47 Å². The van der Waals surface area contributed by atoms with Gasteiger partial charge in [0.1, 0.15) is 0 Å². The second-order valence-electron chi connectivity index (χ2n) is 6.28. The van der Waals surface area contributed by atoms with Gasteiger partial charge in [0, 0.05) is 40.6 Å². The molecular weight excluding hydrogens is 418 g/mol. The Hall–Kier alpha value is -1.22. The molecule has 0 atom stereocenters. The molecular formula is C18H24BrN3O3S. The van der Waals surface area contributed by atoms with Crippen LogP contribution in [0.25, 0.3) is 0 Å². The van der Waals surface area contributed by atoms with Crippen LogP contribution in [0.5, 0.6) is 11.9 Å². The van der Waals surface area contributed by atoms with Gasteiger partial charge in [-0.2, -0.15) is 4.98 Å². The molecule has 1 aliphatic heterocycles. The third kappa shape index (κ3) is 4.54. The number of likely N-dealkylation sites (tertiary alicyclic amines) is 1. The van der Waals surface area contributed by atoms with E-state index < -0.39 is 5.60 Å².